The molecule has 1 saturated heterocycles. The second-order valence-corrected chi connectivity index (χ2v) is 5.66. The van der Waals surface area contributed by atoms with E-state index >= 15 is 0 Å². The minimum atomic E-state index is 0.320. The van der Waals surface area contributed by atoms with E-state index in [1.54, 1.807) is 0 Å². The highest BCUT2D eigenvalue weighted by Gasteiger charge is 2.22. The fraction of sp³-hybridized carbons (Fsp3) is 0.625. The number of likely N-dealkylation sites (tertiary alicyclic amines) is 1. The number of nitrogens with two attached hydrogens (primary N) is 1. The molecular weight excluding hydrogens is 236 g/mol. The summed E-state index contributed by atoms with van der Waals surface area (Å²) in [5, 5.41) is 0. The molecule has 2 N–H and O–H groups in total. The number of benzene rings is 1. The molecule has 0 aliphatic carbocycles. The molecule has 19 heavy (non-hydrogen) atoms. The first-order valence-electron chi connectivity index (χ1n) is 7.38. The van der Waals surface area contributed by atoms with Crippen LogP contribution in [0.3, 0.4) is 0 Å². The van der Waals surface area contributed by atoms with Crippen LogP contribution in [0, 0.1) is 5.92 Å². The van der Waals surface area contributed by atoms with E-state index in [1.807, 2.05) is 0 Å². The molecule has 0 aromatic heterocycles. The van der Waals surface area contributed by atoms with Crippen molar-refractivity contribution in [3.05, 3.63) is 29.8 Å². The van der Waals surface area contributed by atoms with Gasteiger partial charge in [-0.25, -0.2) is 0 Å². The van der Waals surface area contributed by atoms with Gasteiger partial charge in [0.15, 0.2) is 0 Å². The van der Waals surface area contributed by atoms with Crippen LogP contribution in [0.2, 0.25) is 0 Å². The van der Waals surface area contributed by atoms with E-state index in [-0.39, 0.29) is 0 Å². The second-order valence-electron chi connectivity index (χ2n) is 5.66. The van der Waals surface area contributed by atoms with Crippen LogP contribution < -0.4 is 10.5 Å². The summed E-state index contributed by atoms with van der Waals surface area (Å²) in [5.74, 6) is 1.62. The Balaban J connectivity index is 1.85. The van der Waals surface area contributed by atoms with E-state index in [1.165, 1.54) is 12.0 Å². The number of hydrogen-bond acceptors (Lipinski definition) is 3. The minimum Gasteiger partial charge on any atom is -0.494 e. The lowest BCUT2D eigenvalue weighted by Gasteiger charge is -2.35. The van der Waals surface area contributed by atoms with Crippen molar-refractivity contribution in [3.8, 4) is 5.75 Å². The van der Waals surface area contributed by atoms with Crippen molar-refractivity contribution in [1.29, 1.82) is 0 Å². The summed E-state index contributed by atoms with van der Waals surface area (Å²) < 4.78 is 5.60. The summed E-state index contributed by atoms with van der Waals surface area (Å²) >= 11 is 0. The first kappa shape index (κ1) is 14.4. The fourth-order valence-electron chi connectivity index (χ4n) is 2.48. The third kappa shape index (κ3) is 4.22. The highest BCUT2D eigenvalue weighted by molar-refractivity contribution is 5.27. The standard InChI is InChI=1S/C16H26N2O/c1-3-10-19-15-6-4-14(5-7-15)11-18-9-8-13(2)16(17)12-18/h4-7,13,16H,3,8-12,17H2,1-2H3. The normalized spacial score (nSPS) is 24.4. The molecule has 1 heterocycles. The highest BCUT2D eigenvalue weighted by atomic mass is 16.5. The van der Waals surface area contributed by atoms with E-state index < -0.39 is 0 Å². The van der Waals surface area contributed by atoms with Crippen molar-refractivity contribution >= 4 is 0 Å². The van der Waals surface area contributed by atoms with Gasteiger partial charge < -0.3 is 10.5 Å². The molecule has 2 atom stereocenters. The van der Waals surface area contributed by atoms with Crippen molar-refractivity contribution in [2.75, 3.05) is 19.7 Å². The zero-order chi connectivity index (χ0) is 13.7. The molecule has 2 unspecified atom stereocenters. The maximum absolute atomic E-state index is 6.14. The van der Waals surface area contributed by atoms with Gasteiger partial charge in [0.2, 0.25) is 0 Å². The molecule has 0 radical (unpaired) electrons. The average molecular weight is 262 g/mol. The van der Waals surface area contributed by atoms with Gasteiger partial charge in [-0.15, -0.1) is 0 Å². The number of rotatable bonds is 5. The Kier molecular flexibility index (Phi) is 5.23. The van der Waals surface area contributed by atoms with E-state index in [2.05, 4.69) is 43.0 Å². The van der Waals surface area contributed by atoms with Crippen LogP contribution in [0.15, 0.2) is 24.3 Å². The fourth-order valence-corrected chi connectivity index (χ4v) is 2.48. The van der Waals surface area contributed by atoms with E-state index in [4.69, 9.17) is 10.5 Å². The average Bonchev–Trinajstić information content (AvgIpc) is 2.42. The molecule has 1 aromatic carbocycles. The summed E-state index contributed by atoms with van der Waals surface area (Å²) in [5.41, 5.74) is 7.48. The predicted octanol–water partition coefficient (Wildman–Crippen LogP) is 2.64. The molecule has 106 valence electrons. The molecule has 0 saturated carbocycles. The Hall–Kier alpha value is -1.06. The quantitative estimate of drug-likeness (QED) is 0.886. The van der Waals surface area contributed by atoms with Gasteiger partial charge in [-0.1, -0.05) is 26.0 Å². The van der Waals surface area contributed by atoms with Gasteiger partial charge in [0.1, 0.15) is 5.75 Å². The summed E-state index contributed by atoms with van der Waals surface area (Å²) in [6.07, 6.45) is 2.25. The molecule has 1 aromatic rings. The van der Waals surface area contributed by atoms with Crippen LogP contribution in [0.25, 0.3) is 0 Å². The lowest BCUT2D eigenvalue weighted by molar-refractivity contribution is 0.162. The van der Waals surface area contributed by atoms with Gasteiger partial charge in [-0.3, -0.25) is 4.90 Å². The number of nitrogens with zero attached hydrogens (tertiary/aromatic N) is 1. The largest absolute Gasteiger partial charge is 0.494 e. The zero-order valence-electron chi connectivity index (χ0n) is 12.1. The Morgan fingerprint density at radius 2 is 2.05 bits per heavy atom. The summed E-state index contributed by atoms with van der Waals surface area (Å²) in [4.78, 5) is 2.45. The molecule has 1 aliphatic heterocycles. The highest BCUT2D eigenvalue weighted by Crippen LogP contribution is 2.19. The van der Waals surface area contributed by atoms with Crippen molar-refractivity contribution < 1.29 is 4.74 Å². The lowest BCUT2D eigenvalue weighted by Crippen LogP contribution is -2.47. The van der Waals surface area contributed by atoms with Gasteiger partial charge in [0.25, 0.3) is 0 Å². The van der Waals surface area contributed by atoms with Crippen LogP contribution >= 0.6 is 0 Å². The third-order valence-corrected chi connectivity index (χ3v) is 3.90. The molecular formula is C16H26N2O. The molecule has 0 spiro atoms. The van der Waals surface area contributed by atoms with Crippen LogP contribution in [0.5, 0.6) is 5.75 Å². The van der Waals surface area contributed by atoms with Crippen LogP contribution in [-0.4, -0.2) is 30.6 Å². The molecule has 0 amide bonds. The number of piperidine rings is 1. The van der Waals surface area contributed by atoms with Crippen LogP contribution in [0.1, 0.15) is 32.3 Å². The number of hydrogen-bond donors (Lipinski definition) is 1. The predicted molar refractivity (Wildman–Crippen MR) is 79.3 cm³/mol. The molecule has 1 aliphatic rings. The van der Waals surface area contributed by atoms with E-state index in [0.29, 0.717) is 12.0 Å². The smallest absolute Gasteiger partial charge is 0.119 e. The van der Waals surface area contributed by atoms with Crippen LogP contribution in [-0.2, 0) is 6.54 Å². The number of ether oxygens (including phenoxy) is 1. The van der Waals surface area contributed by atoms with Gasteiger partial charge in [0, 0.05) is 19.1 Å². The Morgan fingerprint density at radius 3 is 2.68 bits per heavy atom. The Morgan fingerprint density at radius 1 is 1.32 bits per heavy atom. The summed E-state index contributed by atoms with van der Waals surface area (Å²) in [6.45, 7) is 8.32. The van der Waals surface area contributed by atoms with Crippen molar-refractivity contribution in [1.82, 2.24) is 4.90 Å². The Labute approximate surface area is 116 Å². The first-order valence-corrected chi connectivity index (χ1v) is 7.38. The van der Waals surface area contributed by atoms with Gasteiger partial charge in [-0.2, -0.15) is 0 Å². The topological polar surface area (TPSA) is 38.5 Å². The Bertz CT molecular complexity index is 377. The van der Waals surface area contributed by atoms with Gasteiger partial charge in [0.05, 0.1) is 6.61 Å². The van der Waals surface area contributed by atoms with Gasteiger partial charge in [-0.05, 0) is 43.0 Å². The van der Waals surface area contributed by atoms with E-state index in [9.17, 15) is 0 Å². The second kappa shape index (κ2) is 6.92. The minimum absolute atomic E-state index is 0.320. The van der Waals surface area contributed by atoms with Gasteiger partial charge >= 0.3 is 0 Å². The summed E-state index contributed by atoms with van der Waals surface area (Å²) in [6, 6.07) is 8.78. The molecule has 3 heteroatoms. The maximum atomic E-state index is 6.14. The summed E-state index contributed by atoms with van der Waals surface area (Å²) in [7, 11) is 0. The first-order chi connectivity index (χ1) is 9.19. The van der Waals surface area contributed by atoms with Crippen molar-refractivity contribution in [2.24, 2.45) is 11.7 Å². The molecule has 2 rings (SSSR count). The maximum Gasteiger partial charge on any atom is 0.119 e. The van der Waals surface area contributed by atoms with Crippen molar-refractivity contribution in [3.63, 3.8) is 0 Å². The molecule has 1 fully saturated rings. The molecule has 3 nitrogen and oxygen atoms in total. The molecule has 0 bridgehead atoms. The SMILES string of the molecule is CCCOc1ccc(CN2CCC(C)C(N)C2)cc1. The zero-order valence-corrected chi connectivity index (χ0v) is 12.1. The monoisotopic (exact) mass is 262 g/mol. The van der Waals surface area contributed by atoms with Crippen LogP contribution in [0.4, 0.5) is 0 Å². The third-order valence-electron chi connectivity index (χ3n) is 3.90. The lowest BCUT2D eigenvalue weighted by atomic mass is 9.94. The van der Waals surface area contributed by atoms with E-state index in [0.717, 1.165) is 38.4 Å². The van der Waals surface area contributed by atoms with Crippen molar-refractivity contribution in [2.45, 2.75) is 39.3 Å².